The monoisotopic (exact) mass is 361 g/mol. The van der Waals surface area contributed by atoms with Crippen LogP contribution in [0.5, 0.6) is 0 Å². The molecule has 1 fully saturated rings. The summed E-state index contributed by atoms with van der Waals surface area (Å²) in [6.45, 7) is 7.58. The SMILES string of the molecule is Cc1ccc(-c2nc3ccccc3n2CC(=O)N2CCCCC2C)c(C)c1. The third-order valence-electron chi connectivity index (χ3n) is 5.69. The van der Waals surface area contributed by atoms with Gasteiger partial charge in [0.25, 0.3) is 0 Å². The van der Waals surface area contributed by atoms with E-state index in [1.165, 1.54) is 17.5 Å². The quantitative estimate of drug-likeness (QED) is 0.677. The molecular weight excluding hydrogens is 334 g/mol. The van der Waals surface area contributed by atoms with Crippen molar-refractivity contribution in [1.29, 1.82) is 0 Å². The lowest BCUT2D eigenvalue weighted by Gasteiger charge is -2.33. The van der Waals surface area contributed by atoms with Crippen molar-refractivity contribution >= 4 is 16.9 Å². The Labute approximate surface area is 160 Å². The minimum Gasteiger partial charge on any atom is -0.338 e. The fourth-order valence-electron chi connectivity index (χ4n) is 4.20. The molecule has 27 heavy (non-hydrogen) atoms. The molecule has 1 saturated heterocycles. The molecule has 0 radical (unpaired) electrons. The van der Waals surface area contributed by atoms with Gasteiger partial charge in [0.05, 0.1) is 11.0 Å². The second-order valence-corrected chi connectivity index (χ2v) is 7.76. The molecule has 2 aromatic carbocycles. The number of benzene rings is 2. The second-order valence-electron chi connectivity index (χ2n) is 7.76. The van der Waals surface area contributed by atoms with E-state index in [-0.39, 0.29) is 5.91 Å². The average Bonchev–Trinajstić information content (AvgIpc) is 3.00. The summed E-state index contributed by atoms with van der Waals surface area (Å²) >= 11 is 0. The number of fused-ring (bicyclic) bond motifs is 1. The van der Waals surface area contributed by atoms with Crippen LogP contribution in [0.15, 0.2) is 42.5 Å². The van der Waals surface area contributed by atoms with Crippen LogP contribution in [0, 0.1) is 13.8 Å². The maximum atomic E-state index is 13.1. The van der Waals surface area contributed by atoms with Gasteiger partial charge in [0.15, 0.2) is 0 Å². The van der Waals surface area contributed by atoms with Gasteiger partial charge in [-0.25, -0.2) is 4.98 Å². The lowest BCUT2D eigenvalue weighted by atomic mass is 10.0. The van der Waals surface area contributed by atoms with Crippen molar-refractivity contribution in [2.75, 3.05) is 6.54 Å². The third-order valence-corrected chi connectivity index (χ3v) is 5.69. The van der Waals surface area contributed by atoms with E-state index in [1.54, 1.807) is 0 Å². The fraction of sp³-hybridized carbons (Fsp3) is 0.391. The lowest BCUT2D eigenvalue weighted by Crippen LogP contribution is -2.43. The molecule has 2 heterocycles. The summed E-state index contributed by atoms with van der Waals surface area (Å²) in [4.78, 5) is 20.0. The number of likely N-dealkylation sites (tertiary alicyclic amines) is 1. The van der Waals surface area contributed by atoms with Crippen LogP contribution in [0.25, 0.3) is 22.4 Å². The first-order valence-electron chi connectivity index (χ1n) is 9.87. The van der Waals surface area contributed by atoms with Crippen molar-refractivity contribution < 1.29 is 4.79 Å². The first kappa shape index (κ1) is 17.8. The molecule has 0 aliphatic carbocycles. The van der Waals surface area contributed by atoms with E-state index in [0.717, 1.165) is 41.8 Å². The van der Waals surface area contributed by atoms with Crippen LogP contribution in [0.3, 0.4) is 0 Å². The van der Waals surface area contributed by atoms with Gasteiger partial charge in [0.1, 0.15) is 12.4 Å². The Kier molecular flexibility index (Phi) is 4.73. The zero-order valence-electron chi connectivity index (χ0n) is 16.4. The number of nitrogens with zero attached hydrogens (tertiary/aromatic N) is 3. The minimum atomic E-state index is 0.191. The zero-order chi connectivity index (χ0) is 19.0. The molecule has 140 valence electrons. The minimum absolute atomic E-state index is 0.191. The van der Waals surface area contributed by atoms with Gasteiger partial charge >= 0.3 is 0 Å². The number of aromatic nitrogens is 2. The van der Waals surface area contributed by atoms with E-state index in [2.05, 4.69) is 49.6 Å². The maximum Gasteiger partial charge on any atom is 0.242 e. The molecule has 0 spiro atoms. The van der Waals surface area contributed by atoms with E-state index in [4.69, 9.17) is 4.98 Å². The molecule has 4 heteroatoms. The van der Waals surface area contributed by atoms with Gasteiger partial charge in [-0.15, -0.1) is 0 Å². The molecule has 0 saturated carbocycles. The van der Waals surface area contributed by atoms with Gasteiger partial charge in [-0.05, 0) is 57.7 Å². The number of carbonyl (C=O) groups is 1. The van der Waals surface area contributed by atoms with Crippen molar-refractivity contribution in [2.45, 2.75) is 52.6 Å². The first-order chi connectivity index (χ1) is 13.0. The molecular formula is C23H27N3O. The van der Waals surface area contributed by atoms with E-state index in [0.29, 0.717) is 12.6 Å². The summed E-state index contributed by atoms with van der Waals surface area (Å²) in [7, 11) is 0. The summed E-state index contributed by atoms with van der Waals surface area (Å²) in [5, 5.41) is 0. The molecule has 1 aliphatic heterocycles. The first-order valence-corrected chi connectivity index (χ1v) is 9.87. The highest BCUT2D eigenvalue weighted by Gasteiger charge is 2.25. The highest BCUT2D eigenvalue weighted by atomic mass is 16.2. The number of hydrogen-bond donors (Lipinski definition) is 0. The highest BCUT2D eigenvalue weighted by molar-refractivity contribution is 5.85. The molecule has 1 aromatic heterocycles. The summed E-state index contributed by atoms with van der Waals surface area (Å²) in [5.74, 6) is 1.07. The predicted octanol–water partition coefficient (Wildman–Crippen LogP) is 4.72. The van der Waals surface area contributed by atoms with Gasteiger partial charge in [-0.1, -0.05) is 35.9 Å². The third kappa shape index (κ3) is 3.36. The number of amides is 1. The summed E-state index contributed by atoms with van der Waals surface area (Å²) in [6, 6.07) is 14.8. The van der Waals surface area contributed by atoms with Crippen LogP contribution in [-0.4, -0.2) is 32.9 Å². The number of imidazole rings is 1. The Morgan fingerprint density at radius 2 is 1.96 bits per heavy atom. The zero-order valence-corrected chi connectivity index (χ0v) is 16.4. The fourth-order valence-corrected chi connectivity index (χ4v) is 4.20. The van der Waals surface area contributed by atoms with E-state index in [1.807, 2.05) is 23.1 Å². The number of carbonyl (C=O) groups excluding carboxylic acids is 1. The van der Waals surface area contributed by atoms with Crippen molar-refractivity contribution in [1.82, 2.24) is 14.5 Å². The Morgan fingerprint density at radius 3 is 2.74 bits per heavy atom. The molecule has 3 aromatic rings. The Hall–Kier alpha value is -2.62. The summed E-state index contributed by atoms with van der Waals surface area (Å²) in [6.07, 6.45) is 3.41. The van der Waals surface area contributed by atoms with Gasteiger partial charge in [0, 0.05) is 18.2 Å². The Morgan fingerprint density at radius 1 is 1.15 bits per heavy atom. The standard InChI is InChI=1S/C23H27N3O/c1-16-11-12-19(17(2)14-16)23-24-20-9-4-5-10-21(20)26(23)15-22(27)25-13-7-6-8-18(25)3/h4-5,9-12,14,18H,6-8,13,15H2,1-3H3. The van der Waals surface area contributed by atoms with Crippen molar-refractivity contribution in [3.8, 4) is 11.4 Å². The van der Waals surface area contributed by atoms with Crippen molar-refractivity contribution in [3.05, 3.63) is 53.6 Å². The Balaban J connectivity index is 1.78. The highest BCUT2D eigenvalue weighted by Crippen LogP contribution is 2.28. The van der Waals surface area contributed by atoms with E-state index >= 15 is 0 Å². The van der Waals surface area contributed by atoms with E-state index in [9.17, 15) is 4.79 Å². The van der Waals surface area contributed by atoms with E-state index < -0.39 is 0 Å². The van der Waals surface area contributed by atoms with Crippen LogP contribution in [0.2, 0.25) is 0 Å². The predicted molar refractivity (Wildman–Crippen MR) is 110 cm³/mol. The normalized spacial score (nSPS) is 17.4. The van der Waals surface area contributed by atoms with Crippen molar-refractivity contribution in [2.24, 2.45) is 0 Å². The van der Waals surface area contributed by atoms with Gasteiger partial charge in [-0.2, -0.15) is 0 Å². The second kappa shape index (κ2) is 7.18. The van der Waals surface area contributed by atoms with Crippen LogP contribution >= 0.6 is 0 Å². The topological polar surface area (TPSA) is 38.1 Å². The van der Waals surface area contributed by atoms with Gasteiger partial charge in [0.2, 0.25) is 5.91 Å². The number of para-hydroxylation sites is 2. The lowest BCUT2D eigenvalue weighted by molar-refractivity contribution is -0.134. The van der Waals surface area contributed by atoms with Crippen LogP contribution in [0.1, 0.15) is 37.3 Å². The number of piperidine rings is 1. The smallest absolute Gasteiger partial charge is 0.242 e. The summed E-state index contributed by atoms with van der Waals surface area (Å²) in [5.41, 5.74) is 5.47. The Bertz CT molecular complexity index is 988. The molecule has 4 rings (SSSR count). The number of rotatable bonds is 3. The van der Waals surface area contributed by atoms with Crippen LogP contribution in [0.4, 0.5) is 0 Å². The largest absolute Gasteiger partial charge is 0.338 e. The molecule has 1 aliphatic rings. The maximum absolute atomic E-state index is 13.1. The molecule has 1 amide bonds. The van der Waals surface area contributed by atoms with Crippen LogP contribution in [-0.2, 0) is 11.3 Å². The molecule has 0 N–H and O–H groups in total. The molecule has 4 nitrogen and oxygen atoms in total. The summed E-state index contributed by atoms with van der Waals surface area (Å²) < 4.78 is 2.09. The molecule has 1 unspecified atom stereocenters. The number of aryl methyl sites for hydroxylation is 2. The van der Waals surface area contributed by atoms with Gasteiger partial charge in [-0.3, -0.25) is 4.79 Å². The molecule has 0 bridgehead atoms. The average molecular weight is 361 g/mol. The number of hydrogen-bond acceptors (Lipinski definition) is 2. The van der Waals surface area contributed by atoms with Crippen LogP contribution < -0.4 is 0 Å². The molecule has 1 atom stereocenters. The van der Waals surface area contributed by atoms with Gasteiger partial charge < -0.3 is 9.47 Å². The van der Waals surface area contributed by atoms with Crippen molar-refractivity contribution in [3.63, 3.8) is 0 Å².